The second kappa shape index (κ2) is 7.95. The lowest BCUT2D eigenvalue weighted by Crippen LogP contribution is -2.21. The van der Waals surface area contributed by atoms with Crippen molar-refractivity contribution in [3.05, 3.63) is 90.0 Å². The number of allylic oxidation sites excluding steroid dienone is 1. The topological polar surface area (TPSA) is 35.5 Å². The lowest BCUT2D eigenvalue weighted by molar-refractivity contribution is -0.141. The Morgan fingerprint density at radius 3 is 2.40 bits per heavy atom. The van der Waals surface area contributed by atoms with Gasteiger partial charge in [-0.25, -0.2) is 4.79 Å². The highest BCUT2D eigenvalue weighted by molar-refractivity contribution is 6.00. The predicted octanol–water partition coefficient (Wildman–Crippen LogP) is 4.40. The summed E-state index contributed by atoms with van der Waals surface area (Å²) in [5.41, 5.74) is 3.72. The van der Waals surface area contributed by atoms with Gasteiger partial charge in [0.2, 0.25) is 0 Å². The molecule has 3 rings (SSSR count). The average Bonchev–Trinajstić information content (AvgIpc) is 2.98. The number of carbonyl (C=O) groups excluding carboxylic acids is 1. The zero-order valence-electron chi connectivity index (χ0n) is 14.4. The van der Waals surface area contributed by atoms with E-state index in [2.05, 4.69) is 6.58 Å². The molecule has 3 heteroatoms. The van der Waals surface area contributed by atoms with E-state index in [9.17, 15) is 4.79 Å². The molecule has 2 aromatic carbocycles. The van der Waals surface area contributed by atoms with Gasteiger partial charge in [-0.15, -0.1) is 6.58 Å². The molecular weight excluding hydrogens is 312 g/mol. The van der Waals surface area contributed by atoms with Crippen LogP contribution >= 0.6 is 0 Å². The molecule has 1 saturated heterocycles. The molecular formula is C22H22O3. The Hall–Kier alpha value is -2.65. The van der Waals surface area contributed by atoms with Gasteiger partial charge in [-0.2, -0.15) is 0 Å². The fourth-order valence-corrected chi connectivity index (χ4v) is 3.12. The van der Waals surface area contributed by atoms with Gasteiger partial charge in [0, 0.05) is 5.92 Å². The van der Waals surface area contributed by atoms with Gasteiger partial charge >= 0.3 is 5.97 Å². The largest absolute Gasteiger partial charge is 0.456 e. The van der Waals surface area contributed by atoms with Crippen LogP contribution in [0.3, 0.4) is 0 Å². The van der Waals surface area contributed by atoms with Crippen molar-refractivity contribution in [3.63, 3.8) is 0 Å². The molecule has 1 fully saturated rings. The van der Waals surface area contributed by atoms with Crippen molar-refractivity contribution in [2.24, 2.45) is 5.92 Å². The van der Waals surface area contributed by atoms with Crippen LogP contribution in [-0.4, -0.2) is 18.7 Å². The van der Waals surface area contributed by atoms with Crippen LogP contribution in [0.15, 0.2) is 78.9 Å². The normalized spacial score (nSPS) is 21.7. The van der Waals surface area contributed by atoms with Gasteiger partial charge in [-0.3, -0.25) is 0 Å². The predicted molar refractivity (Wildman–Crippen MR) is 98.7 cm³/mol. The summed E-state index contributed by atoms with van der Waals surface area (Å²) in [4.78, 5) is 12.4. The highest BCUT2D eigenvalue weighted by atomic mass is 16.6. The third-order valence-electron chi connectivity index (χ3n) is 4.47. The van der Waals surface area contributed by atoms with E-state index in [0.29, 0.717) is 18.8 Å². The van der Waals surface area contributed by atoms with Crippen molar-refractivity contribution in [1.82, 2.24) is 0 Å². The van der Waals surface area contributed by atoms with Gasteiger partial charge in [0.15, 0.2) is 0 Å². The summed E-state index contributed by atoms with van der Waals surface area (Å²) in [7, 11) is 0. The number of rotatable bonds is 6. The minimum Gasteiger partial charge on any atom is -0.456 e. The molecule has 0 aromatic heterocycles. The highest BCUT2D eigenvalue weighted by Gasteiger charge is 2.39. The molecule has 128 valence electrons. The smallest absolute Gasteiger partial charge is 0.335 e. The fourth-order valence-electron chi connectivity index (χ4n) is 3.12. The second-order valence-corrected chi connectivity index (χ2v) is 6.11. The minimum atomic E-state index is -0.331. The Morgan fingerprint density at radius 1 is 1.12 bits per heavy atom. The molecule has 3 nitrogen and oxygen atoms in total. The van der Waals surface area contributed by atoms with Crippen molar-refractivity contribution in [3.8, 4) is 0 Å². The average molecular weight is 334 g/mol. The monoisotopic (exact) mass is 334 g/mol. The number of hydrogen-bond acceptors (Lipinski definition) is 3. The summed E-state index contributed by atoms with van der Waals surface area (Å²) in [5, 5.41) is 0. The maximum atomic E-state index is 12.4. The molecule has 1 heterocycles. The van der Waals surface area contributed by atoms with Crippen LogP contribution in [0.1, 0.15) is 18.1 Å². The summed E-state index contributed by atoms with van der Waals surface area (Å²) in [6.07, 6.45) is 1.45. The van der Waals surface area contributed by atoms with E-state index < -0.39 is 0 Å². The molecule has 1 aliphatic heterocycles. The maximum Gasteiger partial charge on any atom is 0.335 e. The minimum absolute atomic E-state index is 0.163. The van der Waals surface area contributed by atoms with Gasteiger partial charge in [0.25, 0.3) is 0 Å². The molecule has 0 unspecified atom stereocenters. The summed E-state index contributed by atoms with van der Waals surface area (Å²) in [5.74, 6) is -0.442. The summed E-state index contributed by atoms with van der Waals surface area (Å²) >= 11 is 0. The first-order chi connectivity index (χ1) is 12.2. The first kappa shape index (κ1) is 17.2. The van der Waals surface area contributed by atoms with Crippen LogP contribution in [0, 0.1) is 5.92 Å². The SMILES string of the molecule is C=C[C@@H]1/C(=C(/C)c2ccccc2)C(=O)O[C@H]1COCc1ccccc1. The quantitative estimate of drug-likeness (QED) is 0.446. The Morgan fingerprint density at radius 2 is 1.76 bits per heavy atom. The Balaban J connectivity index is 1.73. The van der Waals surface area contributed by atoms with Crippen LogP contribution in [-0.2, 0) is 20.9 Å². The molecule has 0 radical (unpaired) electrons. The van der Waals surface area contributed by atoms with E-state index >= 15 is 0 Å². The van der Waals surface area contributed by atoms with Crippen LogP contribution < -0.4 is 0 Å². The van der Waals surface area contributed by atoms with Crippen molar-refractivity contribution in [1.29, 1.82) is 0 Å². The lowest BCUT2D eigenvalue weighted by atomic mass is 9.90. The number of carbonyl (C=O) groups is 1. The van der Waals surface area contributed by atoms with Crippen molar-refractivity contribution < 1.29 is 14.3 Å². The second-order valence-electron chi connectivity index (χ2n) is 6.11. The van der Waals surface area contributed by atoms with Crippen LogP contribution in [0.4, 0.5) is 0 Å². The van der Waals surface area contributed by atoms with Crippen molar-refractivity contribution >= 4 is 11.5 Å². The summed E-state index contributed by atoms with van der Waals surface area (Å²) in [6.45, 7) is 6.70. The number of ether oxygens (including phenoxy) is 2. The van der Waals surface area contributed by atoms with Crippen molar-refractivity contribution in [2.75, 3.05) is 6.61 Å². The zero-order chi connectivity index (χ0) is 17.6. The molecule has 1 aliphatic rings. The molecule has 0 saturated carbocycles. The first-order valence-electron chi connectivity index (χ1n) is 8.42. The first-order valence-corrected chi connectivity index (χ1v) is 8.42. The van der Waals surface area contributed by atoms with Gasteiger partial charge in [-0.05, 0) is 23.6 Å². The van der Waals surface area contributed by atoms with E-state index in [0.717, 1.165) is 16.7 Å². The van der Waals surface area contributed by atoms with Gasteiger partial charge in [0.05, 0.1) is 18.8 Å². The van der Waals surface area contributed by atoms with E-state index in [1.165, 1.54) is 0 Å². The molecule has 0 amide bonds. The van der Waals surface area contributed by atoms with Crippen LogP contribution in [0.2, 0.25) is 0 Å². The molecule has 25 heavy (non-hydrogen) atoms. The molecule has 2 aromatic rings. The van der Waals surface area contributed by atoms with Gasteiger partial charge < -0.3 is 9.47 Å². The Bertz CT molecular complexity index is 762. The summed E-state index contributed by atoms with van der Waals surface area (Å²) in [6, 6.07) is 19.8. The number of cyclic esters (lactones) is 1. The van der Waals surface area contributed by atoms with Crippen LogP contribution in [0.5, 0.6) is 0 Å². The maximum absolute atomic E-state index is 12.4. The molecule has 0 N–H and O–H groups in total. The van der Waals surface area contributed by atoms with E-state index in [-0.39, 0.29) is 18.0 Å². The molecule has 0 aliphatic carbocycles. The summed E-state index contributed by atoms with van der Waals surface area (Å²) < 4.78 is 11.3. The standard InChI is InChI=1S/C22H22O3/c1-3-19-20(15-24-14-17-10-6-4-7-11-17)25-22(23)21(19)16(2)18-12-8-5-9-13-18/h3-13,19-20H,1,14-15H2,2H3/b21-16+/t19-,20-/m0/s1. The number of hydrogen-bond donors (Lipinski definition) is 0. The molecule has 0 bridgehead atoms. The number of esters is 1. The number of benzene rings is 2. The Kier molecular flexibility index (Phi) is 5.46. The molecule has 0 spiro atoms. The van der Waals surface area contributed by atoms with E-state index in [1.807, 2.05) is 67.6 Å². The lowest BCUT2D eigenvalue weighted by Gasteiger charge is -2.15. The van der Waals surface area contributed by atoms with Gasteiger partial charge in [0.1, 0.15) is 6.10 Å². The zero-order valence-corrected chi connectivity index (χ0v) is 14.4. The van der Waals surface area contributed by atoms with Gasteiger partial charge in [-0.1, -0.05) is 66.7 Å². The third kappa shape index (κ3) is 3.89. The fraction of sp³-hybridized carbons (Fsp3) is 0.227. The van der Waals surface area contributed by atoms with Crippen molar-refractivity contribution in [2.45, 2.75) is 19.6 Å². The van der Waals surface area contributed by atoms with E-state index in [4.69, 9.17) is 9.47 Å². The van der Waals surface area contributed by atoms with Crippen LogP contribution in [0.25, 0.3) is 5.57 Å². The molecule has 2 atom stereocenters. The highest BCUT2D eigenvalue weighted by Crippen LogP contribution is 2.34. The Labute approximate surface area is 148 Å². The van der Waals surface area contributed by atoms with E-state index in [1.54, 1.807) is 6.08 Å². The third-order valence-corrected chi connectivity index (χ3v) is 4.47.